The molecule has 0 amide bonds. The highest BCUT2D eigenvalue weighted by Crippen LogP contribution is 2.21. The Morgan fingerprint density at radius 2 is 1.78 bits per heavy atom. The molecule has 0 saturated heterocycles. The highest BCUT2D eigenvalue weighted by Gasteiger charge is 2.02. The molecular weight excluding hydrogens is 242 g/mol. The molecule has 1 aromatic rings. The molecule has 1 N–H and O–H groups in total. The van der Waals surface area contributed by atoms with E-state index in [9.17, 15) is 0 Å². The van der Waals surface area contributed by atoms with Gasteiger partial charge in [-0.15, -0.1) is 0 Å². The van der Waals surface area contributed by atoms with Crippen LogP contribution < -0.4 is 5.32 Å². The summed E-state index contributed by atoms with van der Waals surface area (Å²) in [5, 5.41) is 4.33. The van der Waals surface area contributed by atoms with E-state index in [0.29, 0.717) is 0 Å². The lowest BCUT2D eigenvalue weighted by molar-refractivity contribution is 0.598. The molecule has 1 nitrogen and oxygen atoms in total. The van der Waals surface area contributed by atoms with Gasteiger partial charge in [-0.1, -0.05) is 31.0 Å². The molecular formula is C16H26ClN. The molecule has 0 unspecified atom stereocenters. The van der Waals surface area contributed by atoms with Gasteiger partial charge < -0.3 is 5.32 Å². The number of unbranched alkanes of at least 4 members (excludes halogenated alkanes) is 2. The van der Waals surface area contributed by atoms with Crippen molar-refractivity contribution in [1.29, 1.82) is 0 Å². The van der Waals surface area contributed by atoms with Gasteiger partial charge in [0.25, 0.3) is 0 Å². The minimum atomic E-state index is 0.889. The number of nitrogens with one attached hydrogen (secondary N) is 1. The van der Waals surface area contributed by atoms with Crippen LogP contribution in [0, 0.1) is 13.8 Å². The molecule has 2 heteroatoms. The molecule has 0 aromatic heterocycles. The minimum Gasteiger partial charge on any atom is -0.317 e. The first-order valence-corrected chi connectivity index (χ1v) is 7.49. The van der Waals surface area contributed by atoms with Gasteiger partial charge in [0, 0.05) is 5.02 Å². The SMILES string of the molecule is CCCNCCCCCc1cc(C)c(Cl)cc1C. The molecule has 18 heavy (non-hydrogen) atoms. The Labute approximate surface area is 117 Å². The molecule has 1 aromatic carbocycles. The minimum absolute atomic E-state index is 0.889. The Kier molecular flexibility index (Phi) is 7.38. The lowest BCUT2D eigenvalue weighted by Crippen LogP contribution is -2.15. The van der Waals surface area contributed by atoms with Gasteiger partial charge in [0.1, 0.15) is 0 Å². The van der Waals surface area contributed by atoms with Crippen LogP contribution in [-0.4, -0.2) is 13.1 Å². The molecule has 0 radical (unpaired) electrons. The molecule has 0 aliphatic rings. The van der Waals surface area contributed by atoms with E-state index in [1.54, 1.807) is 0 Å². The average molecular weight is 268 g/mol. The van der Waals surface area contributed by atoms with Crippen molar-refractivity contribution in [3.8, 4) is 0 Å². The van der Waals surface area contributed by atoms with E-state index in [1.165, 1.54) is 48.8 Å². The maximum absolute atomic E-state index is 6.11. The zero-order valence-corrected chi connectivity index (χ0v) is 12.7. The molecule has 1 rings (SSSR count). The summed E-state index contributed by atoms with van der Waals surface area (Å²) in [4.78, 5) is 0. The second-order valence-electron chi connectivity index (χ2n) is 5.09. The van der Waals surface area contributed by atoms with E-state index in [4.69, 9.17) is 11.6 Å². The maximum Gasteiger partial charge on any atom is 0.0438 e. The Balaban J connectivity index is 2.25. The van der Waals surface area contributed by atoms with E-state index in [-0.39, 0.29) is 0 Å². The topological polar surface area (TPSA) is 12.0 Å². The molecule has 0 aliphatic carbocycles. The first kappa shape index (κ1) is 15.5. The Morgan fingerprint density at radius 1 is 1.00 bits per heavy atom. The smallest absolute Gasteiger partial charge is 0.0438 e. The van der Waals surface area contributed by atoms with Crippen LogP contribution in [0.1, 0.15) is 49.3 Å². The first-order chi connectivity index (χ1) is 8.65. The summed E-state index contributed by atoms with van der Waals surface area (Å²) in [6, 6.07) is 4.34. The largest absolute Gasteiger partial charge is 0.317 e. The third-order valence-corrected chi connectivity index (χ3v) is 3.75. The van der Waals surface area contributed by atoms with Crippen molar-refractivity contribution in [3.05, 3.63) is 33.8 Å². The van der Waals surface area contributed by atoms with E-state index in [2.05, 4.69) is 38.2 Å². The molecule has 0 aliphatic heterocycles. The first-order valence-electron chi connectivity index (χ1n) is 7.11. The van der Waals surface area contributed by atoms with Crippen molar-refractivity contribution < 1.29 is 0 Å². The number of aryl methyl sites for hydroxylation is 3. The van der Waals surface area contributed by atoms with Crippen molar-refractivity contribution >= 4 is 11.6 Å². The van der Waals surface area contributed by atoms with Crippen LogP contribution in [0.3, 0.4) is 0 Å². The fraction of sp³-hybridized carbons (Fsp3) is 0.625. The third-order valence-electron chi connectivity index (χ3n) is 3.34. The zero-order valence-electron chi connectivity index (χ0n) is 12.0. The van der Waals surface area contributed by atoms with Crippen molar-refractivity contribution in [1.82, 2.24) is 5.32 Å². The van der Waals surface area contributed by atoms with Crippen LogP contribution in [0.2, 0.25) is 5.02 Å². The van der Waals surface area contributed by atoms with E-state index < -0.39 is 0 Å². The number of rotatable bonds is 8. The van der Waals surface area contributed by atoms with E-state index in [1.807, 2.05) is 0 Å². The number of halogens is 1. The molecule has 0 heterocycles. The lowest BCUT2D eigenvalue weighted by atomic mass is 10.00. The molecule has 0 saturated carbocycles. The summed E-state index contributed by atoms with van der Waals surface area (Å²) in [7, 11) is 0. The molecule has 0 bridgehead atoms. The predicted molar refractivity (Wildman–Crippen MR) is 81.6 cm³/mol. The molecule has 0 spiro atoms. The molecule has 0 atom stereocenters. The molecule has 102 valence electrons. The Hall–Kier alpha value is -0.530. The summed E-state index contributed by atoms with van der Waals surface area (Å²) >= 11 is 6.11. The van der Waals surface area contributed by atoms with Gasteiger partial charge >= 0.3 is 0 Å². The van der Waals surface area contributed by atoms with Gasteiger partial charge in [0.15, 0.2) is 0 Å². The number of hydrogen-bond acceptors (Lipinski definition) is 1. The summed E-state index contributed by atoms with van der Waals surface area (Å²) in [5.41, 5.74) is 3.98. The van der Waals surface area contributed by atoms with Gasteiger partial charge in [-0.05, 0) is 75.4 Å². The van der Waals surface area contributed by atoms with Crippen molar-refractivity contribution in [2.24, 2.45) is 0 Å². The highest BCUT2D eigenvalue weighted by molar-refractivity contribution is 6.31. The predicted octanol–water partition coefficient (Wildman–Crippen LogP) is 4.67. The second-order valence-corrected chi connectivity index (χ2v) is 5.50. The van der Waals surface area contributed by atoms with Gasteiger partial charge in [0.2, 0.25) is 0 Å². The van der Waals surface area contributed by atoms with Crippen molar-refractivity contribution in [2.45, 2.75) is 52.9 Å². The summed E-state index contributed by atoms with van der Waals surface area (Å²) < 4.78 is 0. The van der Waals surface area contributed by atoms with Crippen LogP contribution in [0.4, 0.5) is 0 Å². The number of hydrogen-bond donors (Lipinski definition) is 1. The third kappa shape index (κ3) is 5.41. The van der Waals surface area contributed by atoms with Crippen molar-refractivity contribution in [3.63, 3.8) is 0 Å². The zero-order chi connectivity index (χ0) is 13.4. The Bertz CT molecular complexity index is 360. The number of benzene rings is 1. The van der Waals surface area contributed by atoms with Gasteiger partial charge in [0.05, 0.1) is 0 Å². The Morgan fingerprint density at radius 3 is 2.50 bits per heavy atom. The van der Waals surface area contributed by atoms with E-state index >= 15 is 0 Å². The van der Waals surface area contributed by atoms with E-state index in [0.717, 1.165) is 18.1 Å². The fourth-order valence-electron chi connectivity index (χ4n) is 2.15. The average Bonchev–Trinajstić information content (AvgIpc) is 2.34. The van der Waals surface area contributed by atoms with Gasteiger partial charge in [-0.2, -0.15) is 0 Å². The normalized spacial score (nSPS) is 10.9. The second kappa shape index (κ2) is 8.55. The van der Waals surface area contributed by atoms with Gasteiger partial charge in [-0.25, -0.2) is 0 Å². The van der Waals surface area contributed by atoms with Crippen LogP contribution in [-0.2, 0) is 6.42 Å². The molecule has 0 fully saturated rings. The maximum atomic E-state index is 6.11. The fourth-order valence-corrected chi connectivity index (χ4v) is 2.37. The lowest BCUT2D eigenvalue weighted by Gasteiger charge is -2.09. The standard InChI is InChI=1S/C16H26ClN/c1-4-9-18-10-7-5-6-8-15-11-14(3)16(17)12-13(15)2/h11-12,18H,4-10H2,1-3H3. The summed E-state index contributed by atoms with van der Waals surface area (Å²) in [5.74, 6) is 0. The van der Waals surface area contributed by atoms with Crippen molar-refractivity contribution in [2.75, 3.05) is 13.1 Å². The van der Waals surface area contributed by atoms with Crippen LogP contribution >= 0.6 is 11.6 Å². The van der Waals surface area contributed by atoms with Gasteiger partial charge in [-0.3, -0.25) is 0 Å². The summed E-state index contributed by atoms with van der Waals surface area (Å²) in [6.45, 7) is 8.75. The highest BCUT2D eigenvalue weighted by atomic mass is 35.5. The van der Waals surface area contributed by atoms with Crippen LogP contribution in [0.25, 0.3) is 0 Å². The quantitative estimate of drug-likeness (QED) is 0.675. The summed E-state index contributed by atoms with van der Waals surface area (Å²) in [6.07, 6.45) is 6.26. The van der Waals surface area contributed by atoms with Crippen LogP contribution in [0.15, 0.2) is 12.1 Å². The van der Waals surface area contributed by atoms with Crippen LogP contribution in [0.5, 0.6) is 0 Å². The monoisotopic (exact) mass is 267 g/mol.